The third-order valence-corrected chi connectivity index (χ3v) is 3.50. The van der Waals surface area contributed by atoms with Crippen molar-refractivity contribution in [3.05, 3.63) is 23.8 Å². The van der Waals surface area contributed by atoms with Crippen LogP contribution in [0.15, 0.2) is 18.2 Å². The number of fused-ring (bicyclic) bond motifs is 1. The SMILES string of the molecule is COc1cccc2c1NC1(CCNC1)C2. The van der Waals surface area contributed by atoms with Crippen LogP contribution >= 0.6 is 0 Å². The monoisotopic (exact) mass is 204 g/mol. The second-order valence-electron chi connectivity index (χ2n) is 4.50. The Kier molecular flexibility index (Phi) is 1.89. The van der Waals surface area contributed by atoms with Crippen LogP contribution in [0.3, 0.4) is 0 Å². The third kappa shape index (κ3) is 1.30. The normalized spacial score (nSPS) is 27.8. The van der Waals surface area contributed by atoms with Crippen LogP contribution < -0.4 is 15.4 Å². The van der Waals surface area contributed by atoms with Crippen molar-refractivity contribution in [1.82, 2.24) is 5.32 Å². The summed E-state index contributed by atoms with van der Waals surface area (Å²) in [5.41, 5.74) is 2.83. The summed E-state index contributed by atoms with van der Waals surface area (Å²) in [6.07, 6.45) is 2.32. The van der Waals surface area contributed by atoms with Crippen LogP contribution in [0, 0.1) is 0 Å². The van der Waals surface area contributed by atoms with Gasteiger partial charge in [-0.2, -0.15) is 0 Å². The molecule has 2 aliphatic rings. The van der Waals surface area contributed by atoms with Gasteiger partial charge in [0.2, 0.25) is 0 Å². The van der Waals surface area contributed by atoms with E-state index in [1.165, 1.54) is 17.7 Å². The van der Waals surface area contributed by atoms with Crippen molar-refractivity contribution in [2.75, 3.05) is 25.5 Å². The quantitative estimate of drug-likeness (QED) is 0.725. The molecule has 15 heavy (non-hydrogen) atoms. The summed E-state index contributed by atoms with van der Waals surface area (Å²) in [7, 11) is 1.73. The molecule has 0 saturated carbocycles. The molecule has 0 amide bonds. The molecular formula is C12H16N2O. The zero-order valence-corrected chi connectivity index (χ0v) is 8.97. The van der Waals surface area contributed by atoms with Gasteiger partial charge in [-0.15, -0.1) is 0 Å². The zero-order chi connectivity index (χ0) is 10.3. The molecule has 3 nitrogen and oxygen atoms in total. The van der Waals surface area contributed by atoms with Crippen molar-refractivity contribution in [2.45, 2.75) is 18.4 Å². The molecule has 1 saturated heterocycles. The van der Waals surface area contributed by atoms with Gasteiger partial charge < -0.3 is 15.4 Å². The fourth-order valence-corrected chi connectivity index (χ4v) is 2.71. The Labute approximate surface area is 89.8 Å². The number of nitrogens with one attached hydrogen (secondary N) is 2. The molecule has 0 aliphatic carbocycles. The number of rotatable bonds is 1. The molecule has 1 aromatic rings. The number of hydrogen-bond acceptors (Lipinski definition) is 3. The second kappa shape index (κ2) is 3.14. The van der Waals surface area contributed by atoms with Crippen LogP contribution in [0.4, 0.5) is 5.69 Å². The largest absolute Gasteiger partial charge is 0.495 e. The minimum absolute atomic E-state index is 0.247. The lowest BCUT2D eigenvalue weighted by Crippen LogP contribution is -2.38. The first-order valence-electron chi connectivity index (χ1n) is 5.48. The average Bonchev–Trinajstić information content (AvgIpc) is 2.84. The van der Waals surface area contributed by atoms with E-state index in [2.05, 4.69) is 22.8 Å². The van der Waals surface area contributed by atoms with Crippen molar-refractivity contribution in [1.29, 1.82) is 0 Å². The maximum absolute atomic E-state index is 5.38. The van der Waals surface area contributed by atoms with Gasteiger partial charge in [-0.25, -0.2) is 0 Å². The number of benzene rings is 1. The predicted molar refractivity (Wildman–Crippen MR) is 60.5 cm³/mol. The highest BCUT2D eigenvalue weighted by atomic mass is 16.5. The van der Waals surface area contributed by atoms with E-state index >= 15 is 0 Å². The van der Waals surface area contributed by atoms with Crippen LogP contribution in [0.1, 0.15) is 12.0 Å². The molecule has 2 heterocycles. The van der Waals surface area contributed by atoms with Gasteiger partial charge in [-0.1, -0.05) is 12.1 Å². The Morgan fingerprint density at radius 3 is 3.07 bits per heavy atom. The number of ether oxygens (including phenoxy) is 1. The Morgan fingerprint density at radius 1 is 1.40 bits per heavy atom. The molecule has 3 heteroatoms. The van der Waals surface area contributed by atoms with Gasteiger partial charge in [0.15, 0.2) is 0 Å². The maximum atomic E-state index is 5.38. The standard InChI is InChI=1S/C12H16N2O/c1-15-10-4-2-3-9-7-12(14-11(9)10)5-6-13-8-12/h2-4,13-14H,5-8H2,1H3. The Hall–Kier alpha value is -1.22. The van der Waals surface area contributed by atoms with E-state index in [0.29, 0.717) is 0 Å². The molecular weight excluding hydrogens is 188 g/mol. The summed E-state index contributed by atoms with van der Waals surface area (Å²) in [6, 6.07) is 6.28. The number of hydrogen-bond donors (Lipinski definition) is 2. The number of para-hydroxylation sites is 1. The fourth-order valence-electron chi connectivity index (χ4n) is 2.71. The molecule has 0 bridgehead atoms. The maximum Gasteiger partial charge on any atom is 0.142 e. The molecule has 0 radical (unpaired) electrons. The van der Waals surface area contributed by atoms with Crippen molar-refractivity contribution < 1.29 is 4.74 Å². The van der Waals surface area contributed by atoms with E-state index in [-0.39, 0.29) is 5.54 Å². The Balaban J connectivity index is 1.98. The summed E-state index contributed by atoms with van der Waals surface area (Å²) >= 11 is 0. The minimum atomic E-state index is 0.247. The predicted octanol–water partition coefficient (Wildman–Crippen LogP) is 1.40. The number of methoxy groups -OCH3 is 1. The van der Waals surface area contributed by atoms with Gasteiger partial charge in [-0.05, 0) is 31.0 Å². The molecule has 1 aromatic carbocycles. The summed E-state index contributed by atoms with van der Waals surface area (Å²) in [5.74, 6) is 0.969. The first-order chi connectivity index (χ1) is 7.33. The molecule has 1 unspecified atom stereocenters. The van der Waals surface area contributed by atoms with Crippen LogP contribution in [0.2, 0.25) is 0 Å². The van der Waals surface area contributed by atoms with Crippen molar-refractivity contribution in [2.24, 2.45) is 0 Å². The Bertz CT molecular complexity index is 383. The summed E-state index contributed by atoms with van der Waals surface area (Å²) in [5, 5.41) is 7.07. The number of anilines is 1. The third-order valence-electron chi connectivity index (χ3n) is 3.50. The first kappa shape index (κ1) is 9.04. The van der Waals surface area contributed by atoms with Crippen LogP contribution in [0.5, 0.6) is 5.75 Å². The van der Waals surface area contributed by atoms with Gasteiger partial charge in [0.25, 0.3) is 0 Å². The lowest BCUT2D eigenvalue weighted by Gasteiger charge is -2.23. The van der Waals surface area contributed by atoms with Gasteiger partial charge in [0.05, 0.1) is 18.3 Å². The molecule has 1 fully saturated rings. The second-order valence-corrected chi connectivity index (χ2v) is 4.50. The van der Waals surface area contributed by atoms with Crippen molar-refractivity contribution >= 4 is 5.69 Å². The van der Waals surface area contributed by atoms with Gasteiger partial charge in [0, 0.05) is 6.54 Å². The van der Waals surface area contributed by atoms with Gasteiger partial charge >= 0.3 is 0 Å². The van der Waals surface area contributed by atoms with Gasteiger partial charge in [0.1, 0.15) is 5.75 Å². The molecule has 1 atom stereocenters. The van der Waals surface area contributed by atoms with Crippen LogP contribution in [-0.4, -0.2) is 25.7 Å². The Morgan fingerprint density at radius 2 is 2.33 bits per heavy atom. The van der Waals surface area contributed by atoms with E-state index in [4.69, 9.17) is 4.74 Å². The summed E-state index contributed by atoms with van der Waals surface area (Å²) in [6.45, 7) is 2.17. The van der Waals surface area contributed by atoms with Crippen LogP contribution in [0.25, 0.3) is 0 Å². The topological polar surface area (TPSA) is 33.3 Å². The van der Waals surface area contributed by atoms with Crippen molar-refractivity contribution in [3.8, 4) is 5.75 Å². The fraction of sp³-hybridized carbons (Fsp3) is 0.500. The molecule has 80 valence electrons. The lowest BCUT2D eigenvalue weighted by atomic mass is 9.94. The summed E-state index contributed by atoms with van der Waals surface area (Å²) in [4.78, 5) is 0. The van der Waals surface area contributed by atoms with E-state index in [1.54, 1.807) is 7.11 Å². The van der Waals surface area contributed by atoms with E-state index in [0.717, 1.165) is 25.3 Å². The van der Waals surface area contributed by atoms with E-state index in [1.807, 2.05) is 6.07 Å². The highest BCUT2D eigenvalue weighted by molar-refractivity contribution is 5.68. The molecule has 1 spiro atoms. The summed E-state index contributed by atoms with van der Waals surface area (Å²) < 4.78 is 5.38. The highest BCUT2D eigenvalue weighted by Crippen LogP contribution is 2.41. The molecule has 0 aromatic heterocycles. The average molecular weight is 204 g/mol. The molecule has 2 N–H and O–H groups in total. The van der Waals surface area contributed by atoms with E-state index < -0.39 is 0 Å². The van der Waals surface area contributed by atoms with Gasteiger partial charge in [-0.3, -0.25) is 0 Å². The smallest absolute Gasteiger partial charge is 0.142 e. The highest BCUT2D eigenvalue weighted by Gasteiger charge is 2.40. The molecule has 2 aliphatic heterocycles. The lowest BCUT2D eigenvalue weighted by molar-refractivity contribution is 0.416. The van der Waals surface area contributed by atoms with E-state index in [9.17, 15) is 0 Å². The molecule has 3 rings (SSSR count). The minimum Gasteiger partial charge on any atom is -0.495 e. The first-order valence-corrected chi connectivity index (χ1v) is 5.48. The zero-order valence-electron chi connectivity index (χ0n) is 8.97. The van der Waals surface area contributed by atoms with Crippen LogP contribution in [-0.2, 0) is 6.42 Å². The van der Waals surface area contributed by atoms with Crippen molar-refractivity contribution in [3.63, 3.8) is 0 Å².